The Morgan fingerprint density at radius 1 is 1.21 bits per heavy atom. The summed E-state index contributed by atoms with van der Waals surface area (Å²) in [6, 6.07) is 4.14. The van der Waals surface area contributed by atoms with Crippen LogP contribution in [0.15, 0.2) is 12.1 Å². The monoisotopic (exact) mass is 283 g/mol. The van der Waals surface area contributed by atoms with Crippen molar-refractivity contribution in [1.82, 2.24) is 0 Å². The molecule has 0 saturated carbocycles. The maximum Gasteiger partial charge on any atom is 0.162 e. The van der Waals surface area contributed by atoms with Gasteiger partial charge in [-0.15, -0.1) is 0 Å². The lowest BCUT2D eigenvalue weighted by molar-refractivity contribution is 0.171. The number of halogens is 1. The molecule has 2 unspecified atom stereocenters. The standard InChI is InChI=1S/C15H22ClNO2/c1-3-11(5-4-10(2)17)12-8-14-15(9-13(12)16)19-7-6-18-14/h8-11H,3-7,17H2,1-2H3. The molecule has 106 valence electrons. The van der Waals surface area contributed by atoms with Crippen LogP contribution >= 0.6 is 11.6 Å². The van der Waals surface area contributed by atoms with Crippen molar-refractivity contribution in [3.05, 3.63) is 22.7 Å². The zero-order valence-corrected chi connectivity index (χ0v) is 12.4. The van der Waals surface area contributed by atoms with Gasteiger partial charge in [-0.05, 0) is 43.7 Å². The number of hydrogen-bond donors (Lipinski definition) is 1. The van der Waals surface area contributed by atoms with Crippen LogP contribution in [0.4, 0.5) is 0 Å². The van der Waals surface area contributed by atoms with Gasteiger partial charge in [0.15, 0.2) is 11.5 Å². The van der Waals surface area contributed by atoms with E-state index in [1.807, 2.05) is 19.1 Å². The molecular weight excluding hydrogens is 262 g/mol. The van der Waals surface area contributed by atoms with E-state index in [9.17, 15) is 0 Å². The van der Waals surface area contributed by atoms with E-state index in [0.717, 1.165) is 41.3 Å². The van der Waals surface area contributed by atoms with Gasteiger partial charge in [0, 0.05) is 17.1 Å². The van der Waals surface area contributed by atoms with Gasteiger partial charge in [0.1, 0.15) is 13.2 Å². The van der Waals surface area contributed by atoms with Crippen LogP contribution in [0.2, 0.25) is 5.02 Å². The van der Waals surface area contributed by atoms with Gasteiger partial charge in [0.2, 0.25) is 0 Å². The van der Waals surface area contributed by atoms with Crippen LogP contribution in [0, 0.1) is 0 Å². The minimum atomic E-state index is 0.227. The second kappa shape index (κ2) is 6.49. The van der Waals surface area contributed by atoms with E-state index in [2.05, 4.69) is 6.92 Å². The van der Waals surface area contributed by atoms with Crippen molar-refractivity contribution in [3.8, 4) is 11.5 Å². The zero-order valence-electron chi connectivity index (χ0n) is 11.6. The Balaban J connectivity index is 2.21. The number of ether oxygens (including phenoxy) is 2. The molecule has 0 spiro atoms. The highest BCUT2D eigenvalue weighted by Crippen LogP contribution is 2.40. The Morgan fingerprint density at radius 2 is 1.84 bits per heavy atom. The molecule has 0 radical (unpaired) electrons. The van der Waals surface area contributed by atoms with E-state index in [1.54, 1.807) is 0 Å². The fraction of sp³-hybridized carbons (Fsp3) is 0.600. The molecule has 1 aliphatic heterocycles. The first kappa shape index (κ1) is 14.5. The Morgan fingerprint density at radius 3 is 2.42 bits per heavy atom. The summed E-state index contributed by atoms with van der Waals surface area (Å²) in [5.41, 5.74) is 6.99. The van der Waals surface area contributed by atoms with Crippen molar-refractivity contribution in [2.24, 2.45) is 5.73 Å². The predicted molar refractivity (Wildman–Crippen MR) is 78.4 cm³/mol. The first-order chi connectivity index (χ1) is 9.11. The van der Waals surface area contributed by atoms with E-state index < -0.39 is 0 Å². The van der Waals surface area contributed by atoms with Crippen molar-refractivity contribution in [2.75, 3.05) is 13.2 Å². The lowest BCUT2D eigenvalue weighted by Crippen LogP contribution is -2.17. The highest BCUT2D eigenvalue weighted by atomic mass is 35.5. The molecule has 1 aliphatic rings. The fourth-order valence-electron chi connectivity index (χ4n) is 2.44. The van der Waals surface area contributed by atoms with Crippen LogP contribution in [0.5, 0.6) is 11.5 Å². The van der Waals surface area contributed by atoms with Gasteiger partial charge < -0.3 is 15.2 Å². The van der Waals surface area contributed by atoms with Gasteiger partial charge >= 0.3 is 0 Å². The lowest BCUT2D eigenvalue weighted by Gasteiger charge is -2.23. The van der Waals surface area contributed by atoms with E-state index in [1.165, 1.54) is 0 Å². The van der Waals surface area contributed by atoms with Crippen LogP contribution in [0.25, 0.3) is 0 Å². The van der Waals surface area contributed by atoms with Gasteiger partial charge in [0.05, 0.1) is 0 Å². The second-order valence-electron chi connectivity index (χ2n) is 5.18. The summed E-state index contributed by atoms with van der Waals surface area (Å²) in [6.45, 7) is 5.41. The molecule has 2 N–H and O–H groups in total. The molecule has 1 aromatic rings. The smallest absolute Gasteiger partial charge is 0.162 e. The number of hydrogen-bond acceptors (Lipinski definition) is 3. The topological polar surface area (TPSA) is 44.5 Å². The average Bonchev–Trinajstić information content (AvgIpc) is 2.39. The molecule has 1 heterocycles. The van der Waals surface area contributed by atoms with Gasteiger partial charge in [-0.3, -0.25) is 0 Å². The first-order valence-electron chi connectivity index (χ1n) is 6.96. The van der Waals surface area contributed by atoms with E-state index in [4.69, 9.17) is 26.8 Å². The zero-order chi connectivity index (χ0) is 13.8. The Bertz CT molecular complexity index is 434. The summed E-state index contributed by atoms with van der Waals surface area (Å²) >= 11 is 6.38. The molecule has 1 aromatic carbocycles. The predicted octanol–water partition coefficient (Wildman–Crippen LogP) is 3.73. The molecule has 2 atom stereocenters. The normalized spacial score (nSPS) is 17.1. The number of nitrogens with two attached hydrogens (primary N) is 1. The molecular formula is C15H22ClNO2. The Labute approximate surface area is 120 Å². The minimum Gasteiger partial charge on any atom is -0.486 e. The summed E-state index contributed by atoms with van der Waals surface area (Å²) in [5, 5.41) is 0.765. The van der Waals surface area contributed by atoms with Crippen LogP contribution in [0.3, 0.4) is 0 Å². The summed E-state index contributed by atoms with van der Waals surface area (Å²) in [4.78, 5) is 0. The third-order valence-electron chi connectivity index (χ3n) is 3.56. The van der Waals surface area contributed by atoms with E-state index >= 15 is 0 Å². The van der Waals surface area contributed by atoms with Crippen molar-refractivity contribution >= 4 is 11.6 Å². The number of benzene rings is 1. The quantitative estimate of drug-likeness (QED) is 0.895. The minimum absolute atomic E-state index is 0.227. The lowest BCUT2D eigenvalue weighted by atomic mass is 9.90. The molecule has 0 saturated heterocycles. The highest BCUT2D eigenvalue weighted by molar-refractivity contribution is 6.31. The van der Waals surface area contributed by atoms with Crippen LogP contribution in [0.1, 0.15) is 44.6 Å². The van der Waals surface area contributed by atoms with Gasteiger partial charge in [-0.2, -0.15) is 0 Å². The Hall–Kier alpha value is -0.930. The highest BCUT2D eigenvalue weighted by Gasteiger charge is 2.19. The molecule has 0 bridgehead atoms. The number of rotatable bonds is 5. The summed E-state index contributed by atoms with van der Waals surface area (Å²) in [5.74, 6) is 1.99. The molecule has 0 fully saturated rings. The average molecular weight is 284 g/mol. The van der Waals surface area contributed by atoms with Crippen LogP contribution in [-0.4, -0.2) is 19.3 Å². The van der Waals surface area contributed by atoms with Gasteiger partial charge in [-0.1, -0.05) is 18.5 Å². The molecule has 4 heteroatoms. The van der Waals surface area contributed by atoms with Crippen molar-refractivity contribution in [2.45, 2.75) is 45.1 Å². The third-order valence-corrected chi connectivity index (χ3v) is 3.89. The summed E-state index contributed by atoms with van der Waals surface area (Å²) < 4.78 is 11.2. The van der Waals surface area contributed by atoms with Gasteiger partial charge in [0.25, 0.3) is 0 Å². The maximum atomic E-state index is 6.38. The summed E-state index contributed by atoms with van der Waals surface area (Å²) in [6.07, 6.45) is 3.10. The van der Waals surface area contributed by atoms with Crippen molar-refractivity contribution in [1.29, 1.82) is 0 Å². The largest absolute Gasteiger partial charge is 0.486 e. The van der Waals surface area contributed by atoms with E-state index in [0.29, 0.717) is 19.1 Å². The SMILES string of the molecule is CCC(CCC(C)N)c1cc2c(cc1Cl)OCCO2. The second-order valence-corrected chi connectivity index (χ2v) is 5.58. The number of fused-ring (bicyclic) bond motifs is 1. The van der Waals surface area contributed by atoms with Crippen LogP contribution in [-0.2, 0) is 0 Å². The first-order valence-corrected chi connectivity index (χ1v) is 7.34. The van der Waals surface area contributed by atoms with E-state index in [-0.39, 0.29) is 6.04 Å². The summed E-state index contributed by atoms with van der Waals surface area (Å²) in [7, 11) is 0. The molecule has 3 nitrogen and oxygen atoms in total. The molecule has 19 heavy (non-hydrogen) atoms. The molecule has 0 amide bonds. The van der Waals surface area contributed by atoms with Crippen LogP contribution < -0.4 is 15.2 Å². The molecule has 2 rings (SSSR count). The fourth-order valence-corrected chi connectivity index (χ4v) is 2.74. The Kier molecular flexibility index (Phi) is 4.94. The van der Waals surface area contributed by atoms with Crippen molar-refractivity contribution < 1.29 is 9.47 Å². The van der Waals surface area contributed by atoms with Gasteiger partial charge in [-0.25, -0.2) is 0 Å². The molecule has 0 aliphatic carbocycles. The van der Waals surface area contributed by atoms with Crippen molar-refractivity contribution in [3.63, 3.8) is 0 Å². The molecule has 0 aromatic heterocycles. The third kappa shape index (κ3) is 3.54. The maximum absolute atomic E-state index is 6.38.